The van der Waals surface area contributed by atoms with Gasteiger partial charge in [0.05, 0.1) is 0 Å². The Labute approximate surface area is 111 Å². The lowest BCUT2D eigenvalue weighted by Gasteiger charge is -2.13. The second kappa shape index (κ2) is 4.89. The van der Waals surface area contributed by atoms with E-state index in [0.29, 0.717) is 0 Å². The molecule has 1 heteroatoms. The number of aryl methyl sites for hydroxylation is 1. The predicted octanol–water partition coefficient (Wildman–Crippen LogP) is 5.59. The highest BCUT2D eigenvalue weighted by molar-refractivity contribution is 9.10. The van der Waals surface area contributed by atoms with Gasteiger partial charge >= 0.3 is 0 Å². The third-order valence-corrected chi connectivity index (χ3v) is 3.89. The van der Waals surface area contributed by atoms with E-state index in [9.17, 15) is 0 Å². The molecule has 0 saturated carbocycles. The van der Waals surface area contributed by atoms with Crippen LogP contribution in [0.15, 0.2) is 41.4 Å². The Morgan fingerprint density at radius 1 is 1.12 bits per heavy atom. The second-order valence-electron chi connectivity index (χ2n) is 4.02. The first-order chi connectivity index (χ1) is 8.20. The molecule has 2 aromatic rings. The Morgan fingerprint density at radius 3 is 2.35 bits per heavy atom. The van der Waals surface area contributed by atoms with E-state index in [1.165, 1.54) is 27.5 Å². The van der Waals surface area contributed by atoms with Crippen molar-refractivity contribution in [2.45, 2.75) is 13.8 Å². The molecule has 0 bridgehead atoms. The maximum Gasteiger partial charge on any atom is 0.0332 e. The summed E-state index contributed by atoms with van der Waals surface area (Å²) in [6.07, 6.45) is 6.12. The summed E-state index contributed by atoms with van der Waals surface area (Å²) in [5, 5.41) is 2.53. The summed E-state index contributed by atoms with van der Waals surface area (Å²) < 4.78 is 1.13. The van der Waals surface area contributed by atoms with E-state index in [0.717, 1.165) is 4.47 Å². The van der Waals surface area contributed by atoms with Gasteiger partial charge in [-0.15, -0.1) is 0 Å². The van der Waals surface area contributed by atoms with Crippen molar-refractivity contribution in [3.05, 3.63) is 58.1 Å². The van der Waals surface area contributed by atoms with Crippen LogP contribution < -0.4 is 0 Å². The Balaban J connectivity index is 2.98. The second-order valence-corrected chi connectivity index (χ2v) is 4.81. The quantitative estimate of drug-likeness (QED) is 0.675. The fourth-order valence-corrected chi connectivity index (χ4v) is 2.91. The fourth-order valence-electron chi connectivity index (χ4n) is 2.19. The molecule has 17 heavy (non-hydrogen) atoms. The van der Waals surface area contributed by atoms with Crippen LogP contribution in [0.3, 0.4) is 0 Å². The predicted molar refractivity (Wildman–Crippen MR) is 81.2 cm³/mol. The number of allylic oxidation sites excluding steroid dienone is 1. The average molecular weight is 287 g/mol. The Hall–Kier alpha value is -1.34. The SMILES string of the molecule is C=Cc1c(C=CC)c(C)c2ccccc2c1Br. The lowest BCUT2D eigenvalue weighted by molar-refractivity contribution is 1.46. The van der Waals surface area contributed by atoms with Crippen LogP contribution in [0.25, 0.3) is 22.9 Å². The van der Waals surface area contributed by atoms with E-state index in [2.05, 4.69) is 65.9 Å². The van der Waals surface area contributed by atoms with Gasteiger partial charge in [0, 0.05) is 4.47 Å². The molecule has 0 spiro atoms. The summed E-state index contributed by atoms with van der Waals surface area (Å²) >= 11 is 3.69. The maximum absolute atomic E-state index is 3.92. The lowest BCUT2D eigenvalue weighted by Crippen LogP contribution is -1.91. The Bertz CT molecular complexity index is 606. The van der Waals surface area contributed by atoms with E-state index >= 15 is 0 Å². The van der Waals surface area contributed by atoms with Crippen LogP contribution in [0.4, 0.5) is 0 Å². The van der Waals surface area contributed by atoms with Gasteiger partial charge in [-0.25, -0.2) is 0 Å². The van der Waals surface area contributed by atoms with Gasteiger partial charge in [0.15, 0.2) is 0 Å². The normalized spacial score (nSPS) is 11.2. The van der Waals surface area contributed by atoms with E-state index in [-0.39, 0.29) is 0 Å². The third-order valence-electron chi connectivity index (χ3n) is 3.04. The molecule has 0 amide bonds. The van der Waals surface area contributed by atoms with Crippen LogP contribution >= 0.6 is 15.9 Å². The van der Waals surface area contributed by atoms with Crippen LogP contribution in [0.5, 0.6) is 0 Å². The zero-order valence-corrected chi connectivity index (χ0v) is 11.7. The molecule has 0 unspecified atom stereocenters. The van der Waals surface area contributed by atoms with Gasteiger partial charge in [-0.2, -0.15) is 0 Å². The summed E-state index contributed by atoms with van der Waals surface area (Å²) in [6, 6.07) is 8.44. The van der Waals surface area contributed by atoms with Crippen LogP contribution in [-0.4, -0.2) is 0 Å². The molecule has 0 heterocycles. The Kier molecular flexibility index (Phi) is 3.49. The van der Waals surface area contributed by atoms with Crippen molar-refractivity contribution in [2.24, 2.45) is 0 Å². The van der Waals surface area contributed by atoms with Gasteiger partial charge in [-0.1, -0.05) is 49.1 Å². The minimum Gasteiger partial charge on any atom is -0.0984 e. The van der Waals surface area contributed by atoms with Crippen LogP contribution in [-0.2, 0) is 0 Å². The fraction of sp³-hybridized carbons (Fsp3) is 0.125. The van der Waals surface area contributed by atoms with Crippen molar-refractivity contribution < 1.29 is 0 Å². The molecular formula is C16H15Br. The highest BCUT2D eigenvalue weighted by atomic mass is 79.9. The number of hydrogen-bond acceptors (Lipinski definition) is 0. The molecular weight excluding hydrogens is 272 g/mol. The van der Waals surface area contributed by atoms with Crippen LogP contribution in [0.2, 0.25) is 0 Å². The summed E-state index contributed by atoms with van der Waals surface area (Å²) in [5.74, 6) is 0. The van der Waals surface area contributed by atoms with E-state index in [1.807, 2.05) is 13.0 Å². The Morgan fingerprint density at radius 2 is 1.76 bits per heavy atom. The molecule has 2 aromatic carbocycles. The van der Waals surface area contributed by atoms with E-state index in [4.69, 9.17) is 0 Å². The molecule has 2 rings (SSSR count). The number of halogens is 1. The molecule has 86 valence electrons. The molecule has 0 radical (unpaired) electrons. The zero-order chi connectivity index (χ0) is 12.4. The number of fused-ring (bicyclic) bond motifs is 1. The largest absolute Gasteiger partial charge is 0.0984 e. The van der Waals surface area contributed by atoms with Crippen molar-refractivity contribution in [1.82, 2.24) is 0 Å². The van der Waals surface area contributed by atoms with Crippen molar-refractivity contribution >= 4 is 38.9 Å². The monoisotopic (exact) mass is 286 g/mol. The standard InChI is InChI=1S/C16H15Br/c1-4-8-13-11(3)14-9-6-7-10-15(14)16(17)12(13)5-2/h4-10H,2H2,1,3H3. The molecule has 0 aliphatic carbocycles. The summed E-state index contributed by atoms with van der Waals surface area (Å²) in [4.78, 5) is 0. The summed E-state index contributed by atoms with van der Waals surface area (Å²) in [7, 11) is 0. The van der Waals surface area contributed by atoms with Gasteiger partial charge < -0.3 is 0 Å². The van der Waals surface area contributed by atoms with Gasteiger partial charge in [-0.3, -0.25) is 0 Å². The molecule has 0 fully saturated rings. The molecule has 0 aliphatic heterocycles. The van der Waals surface area contributed by atoms with Crippen molar-refractivity contribution in [1.29, 1.82) is 0 Å². The summed E-state index contributed by atoms with van der Waals surface area (Å²) in [5.41, 5.74) is 3.71. The first kappa shape index (κ1) is 12.1. The molecule has 0 saturated heterocycles. The first-order valence-corrected chi connectivity index (χ1v) is 6.46. The highest BCUT2D eigenvalue weighted by Gasteiger charge is 2.11. The van der Waals surface area contributed by atoms with Gasteiger partial charge in [0.25, 0.3) is 0 Å². The first-order valence-electron chi connectivity index (χ1n) is 5.66. The molecule has 0 aromatic heterocycles. The molecule has 0 atom stereocenters. The number of benzene rings is 2. The molecule has 0 aliphatic rings. The van der Waals surface area contributed by atoms with Gasteiger partial charge in [0.1, 0.15) is 0 Å². The van der Waals surface area contributed by atoms with Crippen molar-refractivity contribution in [3.8, 4) is 0 Å². The third kappa shape index (κ3) is 1.96. The van der Waals surface area contributed by atoms with Crippen LogP contribution in [0.1, 0.15) is 23.6 Å². The highest BCUT2D eigenvalue weighted by Crippen LogP contribution is 2.35. The molecule has 0 N–H and O–H groups in total. The van der Waals surface area contributed by atoms with E-state index in [1.54, 1.807) is 0 Å². The molecule has 0 nitrogen and oxygen atoms in total. The maximum atomic E-state index is 3.92. The topological polar surface area (TPSA) is 0 Å². The zero-order valence-electron chi connectivity index (χ0n) is 10.1. The lowest BCUT2D eigenvalue weighted by atomic mass is 9.94. The van der Waals surface area contributed by atoms with Gasteiger partial charge in [0.2, 0.25) is 0 Å². The minimum atomic E-state index is 1.13. The van der Waals surface area contributed by atoms with Crippen molar-refractivity contribution in [2.75, 3.05) is 0 Å². The van der Waals surface area contributed by atoms with Crippen LogP contribution in [0, 0.1) is 6.92 Å². The van der Waals surface area contributed by atoms with Crippen molar-refractivity contribution in [3.63, 3.8) is 0 Å². The average Bonchev–Trinajstić information content (AvgIpc) is 2.36. The summed E-state index contributed by atoms with van der Waals surface area (Å²) in [6.45, 7) is 8.12. The number of hydrogen-bond donors (Lipinski definition) is 0. The minimum absolute atomic E-state index is 1.13. The van der Waals surface area contributed by atoms with E-state index < -0.39 is 0 Å². The number of rotatable bonds is 2. The smallest absolute Gasteiger partial charge is 0.0332 e. The van der Waals surface area contributed by atoms with Gasteiger partial charge in [-0.05, 0) is 57.2 Å².